The summed E-state index contributed by atoms with van der Waals surface area (Å²) in [5, 5.41) is 2.63. The molecule has 1 aliphatic heterocycles. The molecular formula is C14H17BrN2O3. The summed E-state index contributed by atoms with van der Waals surface area (Å²) in [4.78, 5) is 25.9. The molecule has 0 radical (unpaired) electrons. The Morgan fingerprint density at radius 2 is 2.10 bits per heavy atom. The Balaban J connectivity index is 2.53. The lowest BCUT2D eigenvalue weighted by Gasteiger charge is -2.37. The molecule has 2 amide bonds. The van der Waals surface area contributed by atoms with Crippen LogP contribution >= 0.6 is 15.9 Å². The number of carbonyl (C=O) groups is 2. The number of nitrogens with zero attached hydrogens (tertiary/aromatic N) is 1. The fourth-order valence-corrected chi connectivity index (χ4v) is 2.71. The van der Waals surface area contributed by atoms with E-state index < -0.39 is 6.04 Å². The Bertz CT molecular complexity index is 545. The number of rotatable bonds is 3. The monoisotopic (exact) mass is 340 g/mol. The molecule has 0 bridgehead atoms. The van der Waals surface area contributed by atoms with Gasteiger partial charge in [0.05, 0.1) is 19.3 Å². The molecule has 1 heterocycles. The second kappa shape index (κ2) is 5.83. The van der Waals surface area contributed by atoms with Crippen molar-refractivity contribution in [3.8, 4) is 5.75 Å². The van der Waals surface area contributed by atoms with Crippen molar-refractivity contribution in [2.24, 2.45) is 5.92 Å². The number of halogens is 1. The third-order valence-corrected chi connectivity index (χ3v) is 3.75. The van der Waals surface area contributed by atoms with Crippen LogP contribution in [-0.4, -0.2) is 31.5 Å². The third kappa shape index (κ3) is 2.65. The van der Waals surface area contributed by atoms with Gasteiger partial charge in [-0.3, -0.25) is 14.5 Å². The van der Waals surface area contributed by atoms with Crippen LogP contribution in [0.25, 0.3) is 0 Å². The lowest BCUT2D eigenvalue weighted by Crippen LogP contribution is -2.60. The highest BCUT2D eigenvalue weighted by Gasteiger charge is 2.38. The van der Waals surface area contributed by atoms with Gasteiger partial charge in [-0.1, -0.05) is 29.8 Å². The standard InChI is InChI=1S/C14H17BrN2O3/c1-8(2)13-14(19)16-7-12(18)17(13)10-6-9(15)4-5-11(10)20-3/h4-6,8,13H,7H2,1-3H3,(H,16,19). The average molecular weight is 341 g/mol. The number of piperazine rings is 1. The number of nitrogens with one attached hydrogen (secondary N) is 1. The summed E-state index contributed by atoms with van der Waals surface area (Å²) in [6, 6.07) is 4.88. The van der Waals surface area contributed by atoms with Crippen LogP contribution in [-0.2, 0) is 9.59 Å². The van der Waals surface area contributed by atoms with Crippen molar-refractivity contribution in [2.75, 3.05) is 18.6 Å². The summed E-state index contributed by atoms with van der Waals surface area (Å²) in [6.07, 6.45) is 0. The molecule has 1 unspecified atom stereocenters. The van der Waals surface area contributed by atoms with Crippen LogP contribution in [0.15, 0.2) is 22.7 Å². The van der Waals surface area contributed by atoms with Crippen molar-refractivity contribution in [3.63, 3.8) is 0 Å². The van der Waals surface area contributed by atoms with Crippen LogP contribution in [0.1, 0.15) is 13.8 Å². The van der Waals surface area contributed by atoms with E-state index in [4.69, 9.17) is 4.74 Å². The van der Waals surface area contributed by atoms with Gasteiger partial charge < -0.3 is 10.1 Å². The van der Waals surface area contributed by atoms with Crippen LogP contribution in [0.5, 0.6) is 5.75 Å². The normalized spacial score (nSPS) is 19.2. The second-order valence-electron chi connectivity index (χ2n) is 4.99. The maximum atomic E-state index is 12.3. The van der Waals surface area contributed by atoms with E-state index in [9.17, 15) is 9.59 Å². The fraction of sp³-hybridized carbons (Fsp3) is 0.429. The van der Waals surface area contributed by atoms with E-state index in [-0.39, 0.29) is 24.3 Å². The van der Waals surface area contributed by atoms with Crippen LogP contribution in [0.4, 0.5) is 5.69 Å². The summed E-state index contributed by atoms with van der Waals surface area (Å²) in [5.41, 5.74) is 0.612. The highest BCUT2D eigenvalue weighted by atomic mass is 79.9. The van der Waals surface area contributed by atoms with Crippen LogP contribution in [0.3, 0.4) is 0 Å². The van der Waals surface area contributed by atoms with Gasteiger partial charge in [-0.2, -0.15) is 0 Å². The molecule has 20 heavy (non-hydrogen) atoms. The zero-order valence-corrected chi connectivity index (χ0v) is 13.2. The summed E-state index contributed by atoms with van der Waals surface area (Å²) in [5.74, 6) is 0.297. The van der Waals surface area contributed by atoms with Gasteiger partial charge in [0.1, 0.15) is 11.8 Å². The SMILES string of the molecule is COc1ccc(Br)cc1N1C(=O)CNC(=O)C1C(C)C. The zero-order valence-electron chi connectivity index (χ0n) is 11.6. The largest absolute Gasteiger partial charge is 0.495 e. The van der Waals surface area contributed by atoms with Crippen molar-refractivity contribution >= 4 is 33.4 Å². The highest BCUT2D eigenvalue weighted by molar-refractivity contribution is 9.10. The lowest BCUT2D eigenvalue weighted by molar-refractivity contribution is -0.131. The van der Waals surface area contributed by atoms with Crippen molar-refractivity contribution in [2.45, 2.75) is 19.9 Å². The van der Waals surface area contributed by atoms with Crippen LogP contribution in [0, 0.1) is 5.92 Å². The number of amides is 2. The van der Waals surface area contributed by atoms with Crippen LogP contribution < -0.4 is 15.0 Å². The van der Waals surface area contributed by atoms with Crippen molar-refractivity contribution < 1.29 is 14.3 Å². The van der Waals surface area contributed by atoms with E-state index in [1.165, 1.54) is 4.90 Å². The second-order valence-corrected chi connectivity index (χ2v) is 5.90. The molecule has 6 heteroatoms. The molecule has 1 aromatic carbocycles. The van der Waals surface area contributed by atoms with Gasteiger partial charge in [0.2, 0.25) is 11.8 Å². The van der Waals surface area contributed by atoms with E-state index in [1.54, 1.807) is 19.2 Å². The lowest BCUT2D eigenvalue weighted by atomic mass is 9.98. The van der Waals surface area contributed by atoms with Gasteiger partial charge in [0.15, 0.2) is 0 Å². The highest BCUT2D eigenvalue weighted by Crippen LogP contribution is 2.34. The molecule has 0 aliphatic carbocycles. The predicted octanol–water partition coefficient (Wildman–Crippen LogP) is 1.95. The molecule has 0 spiro atoms. The Hall–Kier alpha value is -1.56. The first-order chi connectivity index (χ1) is 9.45. The molecular weight excluding hydrogens is 324 g/mol. The van der Waals surface area contributed by atoms with Crippen molar-refractivity contribution in [1.82, 2.24) is 5.32 Å². The number of benzene rings is 1. The summed E-state index contributed by atoms with van der Waals surface area (Å²) in [7, 11) is 1.55. The van der Waals surface area contributed by atoms with E-state index >= 15 is 0 Å². The molecule has 0 saturated carbocycles. The minimum atomic E-state index is -0.528. The molecule has 1 N–H and O–H groups in total. The molecule has 0 aromatic heterocycles. The summed E-state index contributed by atoms with van der Waals surface area (Å²) >= 11 is 3.39. The number of hydrogen-bond acceptors (Lipinski definition) is 3. The molecule has 108 valence electrons. The number of anilines is 1. The van der Waals surface area contributed by atoms with Crippen molar-refractivity contribution in [1.29, 1.82) is 0 Å². The maximum Gasteiger partial charge on any atom is 0.247 e. The first kappa shape index (κ1) is 14.8. The Morgan fingerprint density at radius 3 is 2.70 bits per heavy atom. The van der Waals surface area contributed by atoms with Gasteiger partial charge in [-0.25, -0.2) is 0 Å². The maximum absolute atomic E-state index is 12.3. The number of ether oxygens (including phenoxy) is 1. The van der Waals surface area contributed by atoms with E-state index in [1.807, 2.05) is 19.9 Å². The number of methoxy groups -OCH3 is 1. The number of hydrogen-bond donors (Lipinski definition) is 1. The minimum absolute atomic E-state index is 0.00272. The Morgan fingerprint density at radius 1 is 1.40 bits per heavy atom. The molecule has 1 saturated heterocycles. The van der Waals surface area contributed by atoms with Crippen molar-refractivity contribution in [3.05, 3.63) is 22.7 Å². The Labute approximate surface area is 126 Å². The van der Waals surface area contributed by atoms with E-state index in [0.29, 0.717) is 11.4 Å². The van der Waals surface area contributed by atoms with E-state index in [2.05, 4.69) is 21.2 Å². The molecule has 1 aliphatic rings. The van der Waals surface area contributed by atoms with Crippen LogP contribution in [0.2, 0.25) is 0 Å². The summed E-state index contributed by atoms with van der Waals surface area (Å²) in [6.45, 7) is 3.85. The first-order valence-electron chi connectivity index (χ1n) is 6.39. The van der Waals surface area contributed by atoms with Gasteiger partial charge in [-0.15, -0.1) is 0 Å². The van der Waals surface area contributed by atoms with Gasteiger partial charge in [0, 0.05) is 4.47 Å². The zero-order chi connectivity index (χ0) is 14.9. The molecule has 5 nitrogen and oxygen atoms in total. The smallest absolute Gasteiger partial charge is 0.247 e. The molecule has 2 rings (SSSR count). The Kier molecular flexibility index (Phi) is 4.32. The quantitative estimate of drug-likeness (QED) is 0.914. The molecule has 1 aromatic rings. The minimum Gasteiger partial charge on any atom is -0.495 e. The fourth-order valence-electron chi connectivity index (χ4n) is 2.36. The van der Waals surface area contributed by atoms with Gasteiger partial charge >= 0.3 is 0 Å². The predicted molar refractivity (Wildman–Crippen MR) is 79.8 cm³/mol. The molecule has 1 fully saturated rings. The van der Waals surface area contributed by atoms with Gasteiger partial charge in [0.25, 0.3) is 0 Å². The first-order valence-corrected chi connectivity index (χ1v) is 7.18. The topological polar surface area (TPSA) is 58.6 Å². The molecule has 1 atom stereocenters. The van der Waals surface area contributed by atoms with Gasteiger partial charge in [-0.05, 0) is 24.1 Å². The number of carbonyl (C=O) groups excluding carboxylic acids is 2. The average Bonchev–Trinajstić information content (AvgIpc) is 2.40. The van der Waals surface area contributed by atoms with E-state index in [0.717, 1.165) is 4.47 Å². The third-order valence-electron chi connectivity index (χ3n) is 3.26. The summed E-state index contributed by atoms with van der Waals surface area (Å²) < 4.78 is 6.15.